The molecule has 0 aromatic heterocycles. The Labute approximate surface area is 90.9 Å². The summed E-state index contributed by atoms with van der Waals surface area (Å²) in [5.41, 5.74) is 0. The summed E-state index contributed by atoms with van der Waals surface area (Å²) in [7, 11) is 0. The molecule has 0 spiro atoms. The normalized spacial score (nSPS) is 0.800. The molecule has 0 aliphatic heterocycles. The molecule has 0 atom stereocenters. The average molecular weight is 538 g/mol. The predicted molar refractivity (Wildman–Crippen MR) is 12.2 cm³/mol. The fraction of sp³-hybridized carbons (Fsp3) is 0. The van der Waals surface area contributed by atoms with Gasteiger partial charge in [0.2, 0.25) is 0 Å². The Kier molecular flexibility index (Phi) is 145. The summed E-state index contributed by atoms with van der Waals surface area (Å²) in [5, 5.41) is 0. The van der Waals surface area contributed by atoms with Crippen LogP contribution < -0.4 is 0 Å². The Morgan fingerprint density at radius 1 is 1.20 bits per heavy atom. The zero-order valence-electron chi connectivity index (χ0n) is 2.23. The van der Waals surface area contributed by atoms with E-state index in [1.165, 1.54) is 0 Å². The van der Waals surface area contributed by atoms with Gasteiger partial charge in [-0.1, -0.05) is 0 Å². The van der Waals surface area contributed by atoms with Crippen molar-refractivity contribution in [3.63, 3.8) is 0 Å². The fourth-order valence-electron chi connectivity index (χ4n) is 0. The molecule has 0 saturated carbocycles. The zero-order chi connectivity index (χ0) is 2.00. The molecule has 0 heterocycles. The molecule has 0 N–H and O–H groups in total. The van der Waals surface area contributed by atoms with Gasteiger partial charge >= 0.3 is 25.6 Å². The van der Waals surface area contributed by atoms with Crippen molar-refractivity contribution in [2.24, 2.45) is 0 Å². The third-order valence-electron chi connectivity index (χ3n) is 0. The van der Waals surface area contributed by atoms with E-state index in [2.05, 4.69) is 0 Å². The Hall–Kier alpha value is 2.81. The monoisotopic (exact) mass is 542 g/mol. The fourth-order valence-corrected chi connectivity index (χ4v) is 0. The van der Waals surface area contributed by atoms with E-state index >= 15 is 0 Å². The van der Waals surface area contributed by atoms with Crippen molar-refractivity contribution in [2.45, 2.75) is 0 Å². The zero-order valence-corrected chi connectivity index (χ0v) is 12.8. The van der Waals surface area contributed by atoms with Crippen molar-refractivity contribution in [2.75, 3.05) is 0 Å². The Morgan fingerprint density at radius 2 is 1.20 bits per heavy atom. The molecule has 5 heavy (non-hydrogen) atoms. The van der Waals surface area contributed by atoms with E-state index in [0.717, 1.165) is 0 Å². The quantitative estimate of drug-likeness (QED) is 0.367. The summed E-state index contributed by atoms with van der Waals surface area (Å²) in [4.78, 5) is 0. The van der Waals surface area contributed by atoms with Crippen LogP contribution in [0.4, 0.5) is 0 Å². The minimum atomic E-state index is 0. The second-order valence-corrected chi connectivity index (χ2v) is 0. The summed E-state index contributed by atoms with van der Waals surface area (Å²) >= 11 is 0.300. The minimum absolute atomic E-state index is 0. The van der Waals surface area contributed by atoms with E-state index in [1.54, 1.807) is 0 Å². The molecule has 0 rings (SSSR count). The molecule has 5 heteroatoms. The summed E-state index contributed by atoms with van der Waals surface area (Å²) in [6.07, 6.45) is 0. The van der Waals surface area contributed by atoms with Crippen molar-refractivity contribution in [1.29, 1.82) is 0 Å². The first-order valence-corrected chi connectivity index (χ1v) is 1.37. The summed E-state index contributed by atoms with van der Waals surface area (Å²) in [5.74, 6) is 0. The van der Waals surface area contributed by atoms with Crippen molar-refractivity contribution in [3.05, 3.63) is 0 Å². The molecule has 0 fully saturated rings. The van der Waals surface area contributed by atoms with Gasteiger partial charge < -0.3 is 0 Å². The van der Waals surface area contributed by atoms with Crippen LogP contribution in [0.3, 0.4) is 0 Å². The maximum atomic E-state index is 8.34. The Morgan fingerprint density at radius 3 is 1.20 bits per heavy atom. The molecule has 0 saturated heterocycles. The molecule has 0 aromatic carbocycles. The molecule has 0 aliphatic carbocycles. The molecule has 0 aliphatic rings. The summed E-state index contributed by atoms with van der Waals surface area (Å²) in [6, 6.07) is 0. The van der Waals surface area contributed by atoms with Crippen LogP contribution in [0, 0.1) is 0 Å². The molecule has 1 nitrogen and oxygen atoms in total. The molecule has 0 unspecified atom stereocenters. The summed E-state index contributed by atoms with van der Waals surface area (Å²) < 4.78 is 8.34. The van der Waals surface area contributed by atoms with E-state index in [1.807, 2.05) is 0 Å². The molecule has 0 bridgehead atoms. The van der Waals surface area contributed by atoms with Crippen LogP contribution in [0.2, 0.25) is 0 Å². The van der Waals surface area contributed by atoms with E-state index in [-0.39, 0.29) is 67.0 Å². The number of hydrogen-bond acceptors (Lipinski definition) is 1. The summed E-state index contributed by atoms with van der Waals surface area (Å²) in [6.45, 7) is 0. The van der Waals surface area contributed by atoms with E-state index in [0.29, 0.717) is 22.5 Å². The van der Waals surface area contributed by atoms with Gasteiger partial charge in [0.25, 0.3) is 0 Å². The third-order valence-corrected chi connectivity index (χ3v) is 0. The molecule has 0 amide bonds. The van der Waals surface area contributed by atoms with Crippen molar-refractivity contribution in [3.8, 4) is 0 Å². The second kappa shape index (κ2) is 29.1. The van der Waals surface area contributed by atoms with Crippen molar-refractivity contribution in [1.82, 2.24) is 0 Å². The van der Waals surface area contributed by atoms with Gasteiger partial charge in [-0.05, 0) is 0 Å². The van der Waals surface area contributed by atoms with E-state index in [4.69, 9.17) is 3.08 Å². The van der Waals surface area contributed by atoms with Gasteiger partial charge in [0.05, 0.1) is 0 Å². The van der Waals surface area contributed by atoms with Crippen LogP contribution >= 0.6 is 0 Å². The van der Waals surface area contributed by atoms with Gasteiger partial charge in [-0.15, -0.1) is 0 Å². The Bertz CT molecular complexity index is 11.6. The SMILES string of the molecule is [In].[Ir].[Mo].[O]=[Sn]. The molecular weight excluding hydrogens is 538 g/mol. The first-order valence-electron chi connectivity index (χ1n) is 0.204. The first kappa shape index (κ1) is 25.0. The maximum absolute atomic E-state index is 8.34. The van der Waals surface area contributed by atoms with Crippen LogP contribution in [-0.4, -0.2) is 48.4 Å². The van der Waals surface area contributed by atoms with E-state index in [9.17, 15) is 0 Å². The van der Waals surface area contributed by atoms with Gasteiger partial charge in [0, 0.05) is 67.0 Å². The van der Waals surface area contributed by atoms with Gasteiger partial charge in [-0.25, -0.2) is 0 Å². The molecular formula is InIrMoOSn. The predicted octanol–water partition coefficient (Wildman–Crippen LogP) is -0.885. The average Bonchev–Trinajstić information content (AvgIpc) is 1.00. The third kappa shape index (κ3) is 20.0. The van der Waals surface area contributed by atoms with Crippen LogP contribution in [-0.2, 0) is 44.2 Å². The van der Waals surface area contributed by atoms with Crippen molar-refractivity contribution < 1.29 is 44.2 Å². The van der Waals surface area contributed by atoms with Gasteiger partial charge in [0.15, 0.2) is 0 Å². The first-order chi connectivity index (χ1) is 1.00. The topological polar surface area (TPSA) is 17.1 Å². The van der Waals surface area contributed by atoms with Crippen LogP contribution in [0.25, 0.3) is 0 Å². The Balaban J connectivity index is -0.00000000167. The van der Waals surface area contributed by atoms with E-state index < -0.39 is 0 Å². The van der Waals surface area contributed by atoms with Crippen LogP contribution in [0.15, 0.2) is 0 Å². The number of hydrogen-bond donors (Lipinski definition) is 0. The van der Waals surface area contributed by atoms with Crippen molar-refractivity contribution >= 4 is 48.4 Å². The second-order valence-electron chi connectivity index (χ2n) is 0. The number of rotatable bonds is 0. The molecule has 6 radical (unpaired) electrons. The van der Waals surface area contributed by atoms with Gasteiger partial charge in [-0.3, -0.25) is 0 Å². The van der Waals surface area contributed by atoms with Crippen LogP contribution in [0.5, 0.6) is 0 Å². The molecule has 28 valence electrons. The van der Waals surface area contributed by atoms with Gasteiger partial charge in [0.1, 0.15) is 0 Å². The molecule has 0 aromatic rings. The van der Waals surface area contributed by atoms with Gasteiger partial charge in [-0.2, -0.15) is 0 Å². The van der Waals surface area contributed by atoms with Crippen LogP contribution in [0.1, 0.15) is 0 Å². The standard InChI is InChI=1S/In.Ir.Mo.O.Sn.